The van der Waals surface area contributed by atoms with E-state index in [4.69, 9.17) is 9.47 Å². The zero-order valence-corrected chi connectivity index (χ0v) is 26.1. The van der Waals surface area contributed by atoms with Crippen molar-refractivity contribution in [2.75, 3.05) is 24.7 Å². The lowest BCUT2D eigenvalue weighted by Crippen LogP contribution is -2.02. The van der Waals surface area contributed by atoms with Crippen LogP contribution in [0.15, 0.2) is 119 Å². The highest BCUT2D eigenvalue weighted by molar-refractivity contribution is 7.99. The first-order chi connectivity index (χ1) is 20.9. The van der Waals surface area contributed by atoms with Crippen LogP contribution in [0, 0.1) is 0 Å². The second-order valence-corrected chi connectivity index (χ2v) is 12.9. The van der Waals surface area contributed by atoms with Gasteiger partial charge in [0.15, 0.2) is 0 Å². The van der Waals surface area contributed by atoms with Crippen LogP contribution in [0.5, 0.6) is 11.5 Å². The maximum absolute atomic E-state index is 6.51. The maximum Gasteiger partial charge on any atom is 0.135 e. The third-order valence-corrected chi connectivity index (χ3v) is 9.62. The minimum Gasteiger partial charge on any atom is -0.492 e. The van der Waals surface area contributed by atoms with Crippen LogP contribution >= 0.6 is 23.5 Å². The highest BCUT2D eigenvalue weighted by atomic mass is 32.2. The fourth-order valence-corrected chi connectivity index (χ4v) is 7.10. The van der Waals surface area contributed by atoms with Gasteiger partial charge in [0.05, 0.1) is 13.2 Å². The Morgan fingerprint density at radius 1 is 0.357 bits per heavy atom. The highest BCUT2D eigenvalue weighted by Gasteiger charge is 2.15. The monoisotopic (exact) mass is 594 g/mol. The van der Waals surface area contributed by atoms with Crippen LogP contribution in [-0.4, -0.2) is 24.7 Å². The molecule has 4 heteroatoms. The topological polar surface area (TPSA) is 18.5 Å². The lowest BCUT2D eigenvalue weighted by Gasteiger charge is -2.18. The first kappa shape index (κ1) is 30.4. The van der Waals surface area contributed by atoms with Crippen LogP contribution in [0.1, 0.15) is 51.4 Å². The summed E-state index contributed by atoms with van der Waals surface area (Å²) in [4.78, 5) is 2.72. The summed E-state index contributed by atoms with van der Waals surface area (Å²) in [6, 6.07) is 38.5. The lowest BCUT2D eigenvalue weighted by molar-refractivity contribution is 0.307. The average Bonchev–Trinajstić information content (AvgIpc) is 3.05. The van der Waals surface area contributed by atoms with Gasteiger partial charge in [-0.05, 0) is 61.5 Å². The molecule has 0 fully saturated rings. The Kier molecular flexibility index (Phi) is 12.4. The summed E-state index contributed by atoms with van der Waals surface area (Å²) in [6.45, 7) is 1.48. The van der Waals surface area contributed by atoms with E-state index in [9.17, 15) is 0 Å². The molecule has 0 atom stereocenters. The molecule has 5 aromatic rings. The average molecular weight is 595 g/mol. The Bertz CT molecular complexity index is 1320. The summed E-state index contributed by atoms with van der Waals surface area (Å²) in [5.41, 5.74) is 0. The number of fused-ring (bicyclic) bond motifs is 2. The molecule has 0 aliphatic carbocycles. The smallest absolute Gasteiger partial charge is 0.135 e. The van der Waals surface area contributed by atoms with Gasteiger partial charge in [-0.2, -0.15) is 0 Å². The number of unbranched alkanes of at least 4 members (excludes halogenated alkanes) is 6. The molecule has 42 heavy (non-hydrogen) atoms. The normalized spacial score (nSPS) is 11.2. The van der Waals surface area contributed by atoms with Gasteiger partial charge in [0.2, 0.25) is 0 Å². The molecular formula is C38H42O2S2. The Morgan fingerprint density at radius 3 is 1.07 bits per heavy atom. The highest BCUT2D eigenvalue weighted by Crippen LogP contribution is 2.42. The van der Waals surface area contributed by atoms with Gasteiger partial charge in [0.25, 0.3) is 0 Å². The van der Waals surface area contributed by atoms with Crippen molar-refractivity contribution >= 4 is 45.1 Å². The third kappa shape index (κ3) is 8.96. The molecule has 0 amide bonds. The number of hydrogen-bond donors (Lipinski definition) is 0. The number of benzene rings is 5. The molecule has 0 heterocycles. The molecule has 0 saturated heterocycles. The molecule has 0 radical (unpaired) electrons. The largest absolute Gasteiger partial charge is 0.492 e. The second kappa shape index (κ2) is 17.1. The quantitative estimate of drug-likeness (QED) is 0.0570. The van der Waals surface area contributed by atoms with Crippen LogP contribution in [0.3, 0.4) is 0 Å². The molecule has 218 valence electrons. The van der Waals surface area contributed by atoms with E-state index in [0.29, 0.717) is 0 Å². The standard InChI is InChI=1S/C38H42O2S2/c1(3-17-29-41-31-19-7-5-8-20-31)15-27-39-37-33-23-11-13-25-35(33)38(36-26-14-12-24-34(36)37)40-28-16-2-4-18-30-42-32-21-9-6-10-22-32/h5-14,19-26H,1-4,15-18,27-30H2. The van der Waals surface area contributed by atoms with Crippen molar-refractivity contribution in [1.29, 1.82) is 0 Å². The maximum atomic E-state index is 6.51. The van der Waals surface area contributed by atoms with Crippen molar-refractivity contribution in [2.24, 2.45) is 0 Å². The first-order valence-corrected chi connectivity index (χ1v) is 17.4. The minimum absolute atomic E-state index is 0.739. The molecule has 5 rings (SSSR count). The number of rotatable bonds is 18. The van der Waals surface area contributed by atoms with Crippen LogP contribution in [0.4, 0.5) is 0 Å². The van der Waals surface area contributed by atoms with Crippen molar-refractivity contribution in [2.45, 2.75) is 61.2 Å². The number of hydrogen-bond acceptors (Lipinski definition) is 4. The van der Waals surface area contributed by atoms with Gasteiger partial charge < -0.3 is 9.47 Å². The van der Waals surface area contributed by atoms with E-state index in [0.717, 1.165) is 59.1 Å². The Labute approximate surface area is 260 Å². The molecule has 0 N–H and O–H groups in total. The van der Waals surface area contributed by atoms with Crippen molar-refractivity contribution in [1.82, 2.24) is 0 Å². The van der Waals surface area contributed by atoms with E-state index in [1.54, 1.807) is 0 Å². The van der Waals surface area contributed by atoms with Gasteiger partial charge in [0.1, 0.15) is 11.5 Å². The fourth-order valence-electron chi connectivity index (χ4n) is 5.24. The molecule has 2 nitrogen and oxygen atoms in total. The van der Waals surface area contributed by atoms with Crippen molar-refractivity contribution < 1.29 is 9.47 Å². The van der Waals surface area contributed by atoms with Crippen LogP contribution in [-0.2, 0) is 0 Å². The van der Waals surface area contributed by atoms with Gasteiger partial charge >= 0.3 is 0 Å². The Balaban J connectivity index is 1.10. The van der Waals surface area contributed by atoms with Crippen molar-refractivity contribution in [3.8, 4) is 11.5 Å². The molecule has 0 saturated carbocycles. The molecular weight excluding hydrogens is 553 g/mol. The molecule has 0 spiro atoms. The van der Waals surface area contributed by atoms with Gasteiger partial charge in [-0.3, -0.25) is 0 Å². The van der Waals surface area contributed by atoms with E-state index in [-0.39, 0.29) is 0 Å². The van der Waals surface area contributed by atoms with E-state index in [1.165, 1.54) is 59.8 Å². The number of ether oxygens (including phenoxy) is 2. The Morgan fingerprint density at radius 2 is 0.690 bits per heavy atom. The van der Waals surface area contributed by atoms with Gasteiger partial charge in [-0.25, -0.2) is 0 Å². The van der Waals surface area contributed by atoms with E-state index in [1.807, 2.05) is 23.5 Å². The molecule has 5 aromatic carbocycles. The summed E-state index contributed by atoms with van der Waals surface area (Å²) in [6.07, 6.45) is 9.48. The fraction of sp³-hybridized carbons (Fsp3) is 0.316. The molecule has 0 aromatic heterocycles. The van der Waals surface area contributed by atoms with Gasteiger partial charge in [-0.1, -0.05) is 111 Å². The summed E-state index contributed by atoms with van der Waals surface area (Å²) in [7, 11) is 0. The van der Waals surface area contributed by atoms with Crippen molar-refractivity contribution in [3.63, 3.8) is 0 Å². The third-order valence-electron chi connectivity index (χ3n) is 7.43. The lowest BCUT2D eigenvalue weighted by atomic mass is 10.0. The molecule has 0 bridgehead atoms. The number of thioether (sulfide) groups is 2. The predicted octanol–water partition coefficient (Wildman–Crippen LogP) is 11.5. The molecule has 0 aliphatic rings. The Hall–Kier alpha value is -3.08. The van der Waals surface area contributed by atoms with Crippen LogP contribution < -0.4 is 9.47 Å². The van der Waals surface area contributed by atoms with E-state index in [2.05, 4.69) is 109 Å². The molecule has 0 aliphatic heterocycles. The van der Waals surface area contributed by atoms with E-state index < -0.39 is 0 Å². The predicted molar refractivity (Wildman–Crippen MR) is 184 cm³/mol. The summed E-state index contributed by atoms with van der Waals surface area (Å²) >= 11 is 3.90. The first-order valence-electron chi connectivity index (χ1n) is 15.4. The molecule has 0 unspecified atom stereocenters. The van der Waals surface area contributed by atoms with Gasteiger partial charge in [0, 0.05) is 31.3 Å². The van der Waals surface area contributed by atoms with Crippen LogP contribution in [0.2, 0.25) is 0 Å². The SMILES string of the molecule is c1ccc(SCCCCCCOc2c3ccccc3c(OCCCCCCSc3ccccc3)c3ccccc23)cc1. The van der Waals surface area contributed by atoms with Crippen molar-refractivity contribution in [3.05, 3.63) is 109 Å². The zero-order chi connectivity index (χ0) is 28.7. The van der Waals surface area contributed by atoms with Gasteiger partial charge in [-0.15, -0.1) is 23.5 Å². The van der Waals surface area contributed by atoms with E-state index >= 15 is 0 Å². The summed E-state index contributed by atoms with van der Waals surface area (Å²) in [5, 5.41) is 4.57. The minimum atomic E-state index is 0.739. The second-order valence-electron chi connectivity index (χ2n) is 10.6. The summed E-state index contributed by atoms with van der Waals surface area (Å²) < 4.78 is 13.0. The summed E-state index contributed by atoms with van der Waals surface area (Å²) in [5.74, 6) is 4.33. The zero-order valence-electron chi connectivity index (χ0n) is 24.5. The van der Waals surface area contributed by atoms with Crippen LogP contribution in [0.25, 0.3) is 21.5 Å².